The number of hydrogen-bond donors (Lipinski definition) is 1. The van der Waals surface area contributed by atoms with Crippen LogP contribution >= 0.6 is 0 Å². The Kier molecular flexibility index (Phi) is 2.55. The van der Waals surface area contributed by atoms with E-state index in [0.717, 1.165) is 5.39 Å². The fourth-order valence-corrected chi connectivity index (χ4v) is 1.71. The number of aliphatic carboxylic acids is 1. The fraction of sp³-hybridized carbons (Fsp3) is 0.182. The monoisotopic (exact) mass is 234 g/mol. The summed E-state index contributed by atoms with van der Waals surface area (Å²) >= 11 is 0. The molecule has 17 heavy (non-hydrogen) atoms. The van der Waals surface area contributed by atoms with Crippen molar-refractivity contribution in [2.75, 3.05) is 0 Å². The zero-order valence-corrected chi connectivity index (χ0v) is 9.03. The SMILES string of the molecule is CC(C(=O)O)n1ccc2ccc([N+](=O)[O-])cc21. The molecule has 2 aromatic rings. The fourth-order valence-electron chi connectivity index (χ4n) is 1.71. The topological polar surface area (TPSA) is 85.4 Å². The van der Waals surface area contributed by atoms with E-state index in [2.05, 4.69) is 0 Å². The van der Waals surface area contributed by atoms with Crippen LogP contribution in [0, 0.1) is 10.1 Å². The first-order valence-electron chi connectivity index (χ1n) is 4.98. The Balaban J connectivity index is 2.61. The van der Waals surface area contributed by atoms with Gasteiger partial charge < -0.3 is 9.67 Å². The maximum Gasteiger partial charge on any atom is 0.326 e. The van der Waals surface area contributed by atoms with Gasteiger partial charge in [-0.15, -0.1) is 0 Å². The zero-order valence-electron chi connectivity index (χ0n) is 9.03. The van der Waals surface area contributed by atoms with Gasteiger partial charge in [-0.05, 0) is 19.1 Å². The number of benzene rings is 1. The van der Waals surface area contributed by atoms with Gasteiger partial charge in [0, 0.05) is 23.7 Å². The smallest absolute Gasteiger partial charge is 0.326 e. The van der Waals surface area contributed by atoms with Gasteiger partial charge in [-0.1, -0.05) is 0 Å². The number of carboxylic acids is 1. The number of carboxylic acid groups (broad SMARTS) is 1. The normalized spacial score (nSPS) is 12.5. The molecule has 0 aliphatic carbocycles. The quantitative estimate of drug-likeness (QED) is 0.651. The third-order valence-corrected chi connectivity index (χ3v) is 2.69. The molecule has 0 radical (unpaired) electrons. The molecule has 88 valence electrons. The number of fused-ring (bicyclic) bond motifs is 1. The molecule has 0 fully saturated rings. The number of nitrogens with zero attached hydrogens (tertiary/aromatic N) is 2. The molecule has 0 spiro atoms. The molecular weight excluding hydrogens is 224 g/mol. The van der Waals surface area contributed by atoms with Gasteiger partial charge in [0.15, 0.2) is 0 Å². The largest absolute Gasteiger partial charge is 0.480 e. The van der Waals surface area contributed by atoms with Crippen LogP contribution < -0.4 is 0 Å². The van der Waals surface area contributed by atoms with E-state index < -0.39 is 16.9 Å². The minimum Gasteiger partial charge on any atom is -0.480 e. The third kappa shape index (κ3) is 1.84. The number of nitro benzene ring substituents is 1. The second-order valence-corrected chi connectivity index (χ2v) is 3.74. The van der Waals surface area contributed by atoms with Crippen molar-refractivity contribution in [2.45, 2.75) is 13.0 Å². The number of aromatic nitrogens is 1. The molecule has 1 unspecified atom stereocenters. The van der Waals surface area contributed by atoms with Crippen molar-refractivity contribution in [3.63, 3.8) is 0 Å². The Morgan fingerprint density at radius 3 is 2.76 bits per heavy atom. The van der Waals surface area contributed by atoms with Crippen molar-refractivity contribution < 1.29 is 14.8 Å². The van der Waals surface area contributed by atoms with Crippen molar-refractivity contribution >= 4 is 22.6 Å². The van der Waals surface area contributed by atoms with Gasteiger partial charge >= 0.3 is 5.97 Å². The minimum absolute atomic E-state index is 0.0463. The molecule has 6 nitrogen and oxygen atoms in total. The van der Waals surface area contributed by atoms with E-state index in [-0.39, 0.29) is 5.69 Å². The highest BCUT2D eigenvalue weighted by atomic mass is 16.6. The number of rotatable bonds is 3. The van der Waals surface area contributed by atoms with Gasteiger partial charge in [-0.25, -0.2) is 4.79 Å². The highest BCUT2D eigenvalue weighted by molar-refractivity contribution is 5.84. The second-order valence-electron chi connectivity index (χ2n) is 3.74. The predicted molar refractivity (Wildman–Crippen MR) is 60.9 cm³/mol. The summed E-state index contributed by atoms with van der Waals surface area (Å²) in [4.78, 5) is 21.1. The van der Waals surface area contributed by atoms with Crippen molar-refractivity contribution in [2.24, 2.45) is 0 Å². The number of non-ortho nitro benzene ring substituents is 1. The molecule has 1 N–H and O–H groups in total. The summed E-state index contributed by atoms with van der Waals surface area (Å²) in [6.45, 7) is 1.53. The molecule has 1 aromatic heterocycles. The predicted octanol–water partition coefficient (Wildman–Crippen LogP) is 2.20. The maximum atomic E-state index is 10.9. The molecule has 6 heteroatoms. The van der Waals surface area contributed by atoms with Crippen LogP contribution in [-0.2, 0) is 4.79 Å². The number of hydrogen-bond acceptors (Lipinski definition) is 3. The van der Waals surface area contributed by atoms with Crippen molar-refractivity contribution in [1.29, 1.82) is 0 Å². The van der Waals surface area contributed by atoms with Crippen molar-refractivity contribution in [1.82, 2.24) is 4.57 Å². The second kappa shape index (κ2) is 3.89. The lowest BCUT2D eigenvalue weighted by atomic mass is 10.2. The van der Waals surface area contributed by atoms with E-state index in [9.17, 15) is 14.9 Å². The van der Waals surface area contributed by atoms with E-state index in [4.69, 9.17) is 5.11 Å². The summed E-state index contributed by atoms with van der Waals surface area (Å²) in [5.41, 5.74) is 0.504. The summed E-state index contributed by atoms with van der Waals surface area (Å²) < 4.78 is 1.50. The lowest BCUT2D eigenvalue weighted by Crippen LogP contribution is -2.14. The van der Waals surface area contributed by atoms with Gasteiger partial charge in [-0.2, -0.15) is 0 Å². The molecule has 0 saturated carbocycles. The summed E-state index contributed by atoms with van der Waals surface area (Å²) in [7, 11) is 0. The van der Waals surface area contributed by atoms with Gasteiger partial charge in [-0.3, -0.25) is 10.1 Å². The molecule has 1 aromatic carbocycles. The summed E-state index contributed by atoms with van der Waals surface area (Å²) in [6, 6.07) is 5.37. The molecule has 0 amide bonds. The first-order valence-corrected chi connectivity index (χ1v) is 4.98. The van der Waals surface area contributed by atoms with E-state index in [0.29, 0.717) is 5.52 Å². The zero-order chi connectivity index (χ0) is 12.6. The Morgan fingerprint density at radius 1 is 1.47 bits per heavy atom. The Labute approximate surface area is 96.2 Å². The van der Waals surface area contributed by atoms with Gasteiger partial charge in [0.05, 0.1) is 10.4 Å². The molecule has 0 saturated heterocycles. The van der Waals surface area contributed by atoms with Crippen LogP contribution in [0.3, 0.4) is 0 Å². The molecule has 1 heterocycles. The van der Waals surface area contributed by atoms with Crippen molar-refractivity contribution in [3.8, 4) is 0 Å². The standard InChI is InChI=1S/C11H10N2O4/c1-7(11(14)15)12-5-4-8-2-3-9(13(16)17)6-10(8)12/h2-7H,1H3,(H,14,15). The summed E-state index contributed by atoms with van der Waals surface area (Å²) in [6.07, 6.45) is 1.62. The lowest BCUT2D eigenvalue weighted by molar-refractivity contribution is -0.384. The van der Waals surface area contributed by atoms with Gasteiger partial charge in [0.25, 0.3) is 5.69 Å². The van der Waals surface area contributed by atoms with E-state index in [1.807, 2.05) is 0 Å². The Morgan fingerprint density at radius 2 is 2.18 bits per heavy atom. The minimum atomic E-state index is -0.978. The average molecular weight is 234 g/mol. The van der Waals surface area contributed by atoms with Crippen LogP contribution in [0.25, 0.3) is 10.9 Å². The van der Waals surface area contributed by atoms with Crippen LogP contribution in [0.5, 0.6) is 0 Å². The average Bonchev–Trinajstić information content (AvgIpc) is 2.70. The molecule has 0 aliphatic rings. The molecule has 0 bridgehead atoms. The summed E-state index contributed by atoms with van der Waals surface area (Å²) in [5, 5.41) is 20.4. The van der Waals surface area contributed by atoms with Crippen LogP contribution in [0.15, 0.2) is 30.5 Å². The maximum absolute atomic E-state index is 10.9. The highest BCUT2D eigenvalue weighted by Crippen LogP contribution is 2.24. The first kappa shape index (κ1) is 11.1. The van der Waals surface area contributed by atoms with Gasteiger partial charge in [0.2, 0.25) is 0 Å². The Bertz CT molecular complexity index is 603. The summed E-state index contributed by atoms with van der Waals surface area (Å²) in [5.74, 6) is -0.978. The van der Waals surface area contributed by atoms with E-state index >= 15 is 0 Å². The number of carbonyl (C=O) groups is 1. The van der Waals surface area contributed by atoms with E-state index in [1.54, 1.807) is 18.3 Å². The first-order chi connectivity index (χ1) is 8.00. The number of nitro groups is 1. The van der Waals surface area contributed by atoms with E-state index in [1.165, 1.54) is 23.6 Å². The molecular formula is C11H10N2O4. The van der Waals surface area contributed by atoms with Gasteiger partial charge in [0.1, 0.15) is 6.04 Å². The molecule has 0 aliphatic heterocycles. The van der Waals surface area contributed by atoms with Crippen LogP contribution in [0.2, 0.25) is 0 Å². The van der Waals surface area contributed by atoms with Crippen LogP contribution in [-0.4, -0.2) is 20.6 Å². The van der Waals surface area contributed by atoms with Crippen LogP contribution in [0.1, 0.15) is 13.0 Å². The van der Waals surface area contributed by atoms with Crippen LogP contribution in [0.4, 0.5) is 5.69 Å². The molecule has 1 atom stereocenters. The Hall–Kier alpha value is -2.37. The molecule has 2 rings (SSSR count). The highest BCUT2D eigenvalue weighted by Gasteiger charge is 2.16. The van der Waals surface area contributed by atoms with Crippen molar-refractivity contribution in [3.05, 3.63) is 40.6 Å². The third-order valence-electron chi connectivity index (χ3n) is 2.69. The lowest BCUT2D eigenvalue weighted by Gasteiger charge is -2.09.